The van der Waals surface area contributed by atoms with Crippen molar-refractivity contribution in [2.45, 2.75) is 33.2 Å². The van der Waals surface area contributed by atoms with Gasteiger partial charge in [0.15, 0.2) is 0 Å². The number of nitrogens with zero attached hydrogens (tertiary/aromatic N) is 3. The molecule has 0 saturated carbocycles. The largest absolute Gasteiger partial charge is 0.464 e. The molecule has 1 unspecified atom stereocenters. The summed E-state index contributed by atoms with van der Waals surface area (Å²) in [7, 11) is 0. The highest BCUT2D eigenvalue weighted by atomic mass is 32.1. The zero-order valence-corrected chi connectivity index (χ0v) is 12.7. The van der Waals surface area contributed by atoms with Crippen LogP contribution in [0, 0.1) is 6.92 Å². The molecule has 108 valence electrons. The molecule has 2 heterocycles. The van der Waals surface area contributed by atoms with Crippen molar-refractivity contribution in [2.24, 2.45) is 0 Å². The van der Waals surface area contributed by atoms with Crippen LogP contribution in [0.15, 0.2) is 12.1 Å². The van der Waals surface area contributed by atoms with E-state index in [2.05, 4.69) is 46.2 Å². The van der Waals surface area contributed by atoms with E-state index in [1.807, 2.05) is 6.92 Å². The van der Waals surface area contributed by atoms with Crippen LogP contribution in [-0.4, -0.2) is 27.6 Å². The van der Waals surface area contributed by atoms with E-state index in [4.69, 9.17) is 10.5 Å². The number of hydrogen-bond acceptors (Lipinski definition) is 7. The standard InChI is InChI=1S/C13H19N5OS/c1-4-19-13-17-11(14)16-12(18-13)15-8(2)7-10-6-5-9(3)20-10/h5-6,8H,4,7H2,1-3H3,(H3,14,15,16,17,18). The maximum atomic E-state index is 5.64. The summed E-state index contributed by atoms with van der Waals surface area (Å²) in [5.74, 6) is 0.604. The molecular formula is C13H19N5OS. The third kappa shape index (κ3) is 4.06. The molecule has 0 aliphatic rings. The molecule has 0 bridgehead atoms. The van der Waals surface area contributed by atoms with Gasteiger partial charge >= 0.3 is 6.01 Å². The van der Waals surface area contributed by atoms with Crippen LogP contribution < -0.4 is 15.8 Å². The van der Waals surface area contributed by atoms with Gasteiger partial charge in [0.05, 0.1) is 6.61 Å². The molecule has 2 aromatic rings. The first-order valence-electron chi connectivity index (χ1n) is 6.53. The minimum absolute atomic E-state index is 0.158. The first kappa shape index (κ1) is 14.5. The first-order valence-corrected chi connectivity index (χ1v) is 7.34. The molecule has 1 atom stereocenters. The van der Waals surface area contributed by atoms with Crippen LogP contribution in [0.4, 0.5) is 11.9 Å². The molecule has 20 heavy (non-hydrogen) atoms. The molecule has 0 saturated heterocycles. The van der Waals surface area contributed by atoms with Crippen LogP contribution in [0.5, 0.6) is 6.01 Å². The van der Waals surface area contributed by atoms with Crippen LogP contribution in [0.25, 0.3) is 0 Å². The Hall–Kier alpha value is -1.89. The second kappa shape index (κ2) is 6.51. The zero-order valence-electron chi connectivity index (χ0n) is 11.9. The fourth-order valence-electron chi connectivity index (χ4n) is 1.80. The van der Waals surface area contributed by atoms with Gasteiger partial charge in [-0.15, -0.1) is 11.3 Å². The van der Waals surface area contributed by atoms with E-state index in [0.29, 0.717) is 12.6 Å². The number of rotatable bonds is 6. The molecule has 2 aromatic heterocycles. The van der Waals surface area contributed by atoms with E-state index in [-0.39, 0.29) is 18.0 Å². The fourth-order valence-corrected chi connectivity index (χ4v) is 2.82. The Morgan fingerprint density at radius 2 is 2.15 bits per heavy atom. The van der Waals surface area contributed by atoms with Gasteiger partial charge in [-0.3, -0.25) is 0 Å². The van der Waals surface area contributed by atoms with Gasteiger partial charge in [-0.25, -0.2) is 0 Å². The molecular weight excluding hydrogens is 274 g/mol. The highest BCUT2D eigenvalue weighted by Gasteiger charge is 2.10. The quantitative estimate of drug-likeness (QED) is 0.849. The number of aryl methyl sites for hydroxylation is 1. The van der Waals surface area contributed by atoms with Gasteiger partial charge in [0.1, 0.15) is 0 Å². The lowest BCUT2D eigenvalue weighted by molar-refractivity contribution is 0.312. The monoisotopic (exact) mass is 293 g/mol. The lowest BCUT2D eigenvalue weighted by atomic mass is 10.2. The third-order valence-electron chi connectivity index (χ3n) is 2.58. The van der Waals surface area contributed by atoms with Gasteiger partial charge in [-0.05, 0) is 32.9 Å². The Morgan fingerprint density at radius 3 is 2.80 bits per heavy atom. The topological polar surface area (TPSA) is 86.0 Å². The molecule has 0 aromatic carbocycles. The number of nitrogens with two attached hydrogens (primary N) is 1. The summed E-state index contributed by atoms with van der Waals surface area (Å²) < 4.78 is 5.25. The minimum Gasteiger partial charge on any atom is -0.464 e. The van der Waals surface area contributed by atoms with Gasteiger partial charge in [0.2, 0.25) is 11.9 Å². The molecule has 6 nitrogen and oxygen atoms in total. The van der Waals surface area contributed by atoms with Crippen molar-refractivity contribution in [3.05, 3.63) is 21.9 Å². The van der Waals surface area contributed by atoms with E-state index < -0.39 is 0 Å². The molecule has 0 aliphatic heterocycles. The Bertz CT molecular complexity index is 572. The molecule has 0 spiro atoms. The molecule has 3 N–H and O–H groups in total. The van der Waals surface area contributed by atoms with E-state index in [1.165, 1.54) is 9.75 Å². The molecule has 0 fully saturated rings. The lowest BCUT2D eigenvalue weighted by Crippen LogP contribution is -2.20. The number of aromatic nitrogens is 3. The van der Waals surface area contributed by atoms with Crippen LogP contribution in [-0.2, 0) is 6.42 Å². The summed E-state index contributed by atoms with van der Waals surface area (Å²) >= 11 is 1.80. The summed E-state index contributed by atoms with van der Waals surface area (Å²) in [4.78, 5) is 14.8. The van der Waals surface area contributed by atoms with Crippen LogP contribution in [0.1, 0.15) is 23.6 Å². The molecule has 0 radical (unpaired) electrons. The number of anilines is 2. The summed E-state index contributed by atoms with van der Waals surface area (Å²) in [6, 6.07) is 4.72. The second-order valence-electron chi connectivity index (χ2n) is 4.49. The van der Waals surface area contributed by atoms with Gasteiger partial charge in [-0.2, -0.15) is 15.0 Å². The predicted octanol–water partition coefficient (Wildman–Crippen LogP) is 2.27. The normalized spacial score (nSPS) is 12.2. The van der Waals surface area contributed by atoms with Crippen molar-refractivity contribution in [1.82, 2.24) is 15.0 Å². The van der Waals surface area contributed by atoms with Crippen molar-refractivity contribution < 1.29 is 4.74 Å². The number of ether oxygens (including phenoxy) is 1. The van der Waals surface area contributed by atoms with E-state index in [9.17, 15) is 0 Å². The smallest absolute Gasteiger partial charge is 0.323 e. The fraction of sp³-hybridized carbons (Fsp3) is 0.462. The zero-order chi connectivity index (χ0) is 14.5. The van der Waals surface area contributed by atoms with Gasteiger partial charge in [0, 0.05) is 22.2 Å². The van der Waals surface area contributed by atoms with E-state index in [0.717, 1.165) is 6.42 Å². The van der Waals surface area contributed by atoms with Crippen LogP contribution >= 0.6 is 11.3 Å². The SMILES string of the molecule is CCOc1nc(N)nc(NC(C)Cc2ccc(C)s2)n1. The third-order valence-corrected chi connectivity index (χ3v) is 3.61. The van der Waals surface area contributed by atoms with E-state index in [1.54, 1.807) is 11.3 Å². The van der Waals surface area contributed by atoms with Gasteiger partial charge in [0.25, 0.3) is 0 Å². The Labute approximate surface area is 122 Å². The minimum atomic E-state index is 0.158. The summed E-state index contributed by atoms with van der Waals surface area (Å²) in [6.07, 6.45) is 0.911. The van der Waals surface area contributed by atoms with Crippen LogP contribution in [0.2, 0.25) is 0 Å². The van der Waals surface area contributed by atoms with Crippen molar-refractivity contribution in [1.29, 1.82) is 0 Å². The Morgan fingerprint density at radius 1 is 1.35 bits per heavy atom. The average Bonchev–Trinajstić information content (AvgIpc) is 2.74. The van der Waals surface area contributed by atoms with Crippen molar-refractivity contribution in [3.63, 3.8) is 0 Å². The maximum absolute atomic E-state index is 5.64. The van der Waals surface area contributed by atoms with Crippen LogP contribution in [0.3, 0.4) is 0 Å². The molecule has 0 aliphatic carbocycles. The number of thiophene rings is 1. The number of nitrogens with one attached hydrogen (secondary N) is 1. The summed E-state index contributed by atoms with van der Waals surface area (Å²) in [5, 5.41) is 3.22. The maximum Gasteiger partial charge on any atom is 0.323 e. The van der Waals surface area contributed by atoms with E-state index >= 15 is 0 Å². The van der Waals surface area contributed by atoms with Gasteiger partial charge < -0.3 is 15.8 Å². The van der Waals surface area contributed by atoms with Crippen molar-refractivity contribution in [2.75, 3.05) is 17.7 Å². The highest BCUT2D eigenvalue weighted by Crippen LogP contribution is 2.18. The highest BCUT2D eigenvalue weighted by molar-refractivity contribution is 7.11. The predicted molar refractivity (Wildman–Crippen MR) is 81.3 cm³/mol. The number of nitrogen functional groups attached to an aromatic ring is 1. The second-order valence-corrected chi connectivity index (χ2v) is 5.87. The lowest BCUT2D eigenvalue weighted by Gasteiger charge is -2.13. The molecule has 7 heteroatoms. The Kier molecular flexibility index (Phi) is 4.73. The number of hydrogen-bond donors (Lipinski definition) is 2. The van der Waals surface area contributed by atoms with Crippen molar-refractivity contribution in [3.8, 4) is 6.01 Å². The average molecular weight is 293 g/mol. The van der Waals surface area contributed by atoms with Crippen molar-refractivity contribution >= 4 is 23.2 Å². The summed E-state index contributed by atoms with van der Waals surface area (Å²) in [6.45, 7) is 6.55. The molecule has 2 rings (SSSR count). The van der Waals surface area contributed by atoms with Gasteiger partial charge in [-0.1, -0.05) is 0 Å². The summed E-state index contributed by atoms with van der Waals surface area (Å²) in [5.41, 5.74) is 5.64. The molecule has 0 amide bonds. The Balaban J connectivity index is 2.01. The first-order chi connectivity index (χ1) is 9.56.